The molecule has 1 N–H and O–H groups in total. The zero-order valence-electron chi connectivity index (χ0n) is 20.0. The van der Waals surface area contributed by atoms with Crippen LogP contribution in [0.15, 0.2) is 29.2 Å². The van der Waals surface area contributed by atoms with Gasteiger partial charge in [-0.05, 0) is 55.0 Å². The molecule has 0 spiro atoms. The zero-order valence-corrected chi connectivity index (χ0v) is 21.6. The van der Waals surface area contributed by atoms with Crippen LogP contribution in [0, 0.1) is 5.92 Å². The van der Waals surface area contributed by atoms with Crippen molar-refractivity contribution in [1.29, 1.82) is 0 Å². The number of amides is 2. The number of piperidine rings is 1. The summed E-state index contributed by atoms with van der Waals surface area (Å²) in [5.74, 6) is -0.756. The minimum absolute atomic E-state index is 0.0525. The summed E-state index contributed by atoms with van der Waals surface area (Å²) >= 11 is 1.25. The van der Waals surface area contributed by atoms with Gasteiger partial charge in [0, 0.05) is 37.0 Å². The van der Waals surface area contributed by atoms with Crippen molar-refractivity contribution in [1.82, 2.24) is 9.21 Å². The standard InChI is InChI=1S/C24H29N3O6S2/c1-15-5-4-11-27(13-15)35(31,32)18-8-6-17(7-9-18)22(29)25-23-21(24(30)33-3)19-10-12-26(16(2)28)14-20(19)34-23/h6-9,15H,4-5,10-14H2,1-3H3,(H,25,29)/t15-/m1/s1. The van der Waals surface area contributed by atoms with Crippen LogP contribution in [0.5, 0.6) is 0 Å². The highest BCUT2D eigenvalue weighted by Crippen LogP contribution is 2.38. The lowest BCUT2D eigenvalue weighted by Gasteiger charge is -2.30. The van der Waals surface area contributed by atoms with Crippen molar-refractivity contribution in [3.63, 3.8) is 0 Å². The number of sulfonamides is 1. The first-order valence-electron chi connectivity index (χ1n) is 11.5. The fourth-order valence-corrected chi connectivity index (χ4v) is 7.39. The lowest BCUT2D eigenvalue weighted by Crippen LogP contribution is -2.39. The molecule has 9 nitrogen and oxygen atoms in total. The van der Waals surface area contributed by atoms with Crippen molar-refractivity contribution in [3.8, 4) is 0 Å². The van der Waals surface area contributed by atoms with Gasteiger partial charge in [-0.2, -0.15) is 4.31 Å². The number of hydrogen-bond donors (Lipinski definition) is 1. The van der Waals surface area contributed by atoms with Gasteiger partial charge in [0.25, 0.3) is 5.91 Å². The summed E-state index contributed by atoms with van der Waals surface area (Å²) in [6.45, 7) is 5.38. The zero-order chi connectivity index (χ0) is 25.3. The summed E-state index contributed by atoms with van der Waals surface area (Å²) in [5, 5.41) is 3.14. The van der Waals surface area contributed by atoms with Gasteiger partial charge < -0.3 is 15.0 Å². The van der Waals surface area contributed by atoms with E-state index in [0.717, 1.165) is 23.3 Å². The van der Waals surface area contributed by atoms with E-state index in [-0.39, 0.29) is 16.4 Å². The van der Waals surface area contributed by atoms with Gasteiger partial charge in [-0.25, -0.2) is 13.2 Å². The Balaban J connectivity index is 1.55. The third-order valence-electron chi connectivity index (χ3n) is 6.49. The number of methoxy groups -OCH3 is 1. The molecule has 0 unspecified atom stereocenters. The number of nitrogens with one attached hydrogen (secondary N) is 1. The van der Waals surface area contributed by atoms with Gasteiger partial charge in [0.05, 0.1) is 24.1 Å². The largest absolute Gasteiger partial charge is 0.465 e. The highest BCUT2D eigenvalue weighted by molar-refractivity contribution is 7.89. The lowest BCUT2D eigenvalue weighted by atomic mass is 10.0. The molecule has 11 heteroatoms. The molecule has 4 rings (SSSR count). The van der Waals surface area contributed by atoms with Crippen LogP contribution in [0.4, 0.5) is 5.00 Å². The summed E-state index contributed by atoms with van der Waals surface area (Å²) < 4.78 is 32.4. The van der Waals surface area contributed by atoms with E-state index in [1.807, 2.05) is 6.92 Å². The second-order valence-electron chi connectivity index (χ2n) is 8.98. The van der Waals surface area contributed by atoms with Crippen LogP contribution in [-0.4, -0.2) is 62.2 Å². The molecule has 1 aromatic heterocycles. The van der Waals surface area contributed by atoms with Crippen molar-refractivity contribution < 1.29 is 27.5 Å². The van der Waals surface area contributed by atoms with Gasteiger partial charge in [-0.1, -0.05) is 6.92 Å². The summed E-state index contributed by atoms with van der Waals surface area (Å²) in [6, 6.07) is 5.82. The van der Waals surface area contributed by atoms with E-state index < -0.39 is 21.9 Å². The molecule has 2 aromatic rings. The first kappa shape index (κ1) is 25.3. The van der Waals surface area contributed by atoms with Crippen LogP contribution in [0.3, 0.4) is 0 Å². The fourth-order valence-electron chi connectivity index (χ4n) is 4.55. The van der Waals surface area contributed by atoms with E-state index >= 15 is 0 Å². The second-order valence-corrected chi connectivity index (χ2v) is 12.0. The van der Waals surface area contributed by atoms with Gasteiger partial charge in [0.2, 0.25) is 15.9 Å². The molecular weight excluding hydrogens is 490 g/mol. The monoisotopic (exact) mass is 519 g/mol. The Hall–Kier alpha value is -2.76. The maximum absolute atomic E-state index is 13.0. The Labute approximate surface area is 209 Å². The average Bonchev–Trinajstić information content (AvgIpc) is 3.20. The Bertz CT molecular complexity index is 1250. The molecule has 2 amide bonds. The third kappa shape index (κ3) is 5.12. The summed E-state index contributed by atoms with van der Waals surface area (Å²) in [6.07, 6.45) is 2.34. The molecule has 1 saturated heterocycles. The molecule has 188 valence electrons. The number of nitrogens with zero attached hydrogens (tertiary/aromatic N) is 2. The van der Waals surface area contributed by atoms with Crippen LogP contribution in [0.1, 0.15) is 57.8 Å². The van der Waals surface area contributed by atoms with Gasteiger partial charge >= 0.3 is 5.97 Å². The normalized spacial score (nSPS) is 18.6. The number of carbonyl (C=O) groups is 3. The van der Waals surface area contributed by atoms with E-state index in [4.69, 9.17) is 4.74 Å². The Morgan fingerprint density at radius 3 is 2.49 bits per heavy atom. The summed E-state index contributed by atoms with van der Waals surface area (Å²) in [4.78, 5) is 40.0. The van der Waals surface area contributed by atoms with E-state index in [2.05, 4.69) is 5.32 Å². The van der Waals surface area contributed by atoms with Crippen LogP contribution < -0.4 is 5.32 Å². The molecular formula is C24H29N3O6S2. The van der Waals surface area contributed by atoms with E-state index in [1.54, 1.807) is 4.90 Å². The minimum atomic E-state index is -3.62. The molecule has 0 saturated carbocycles. The van der Waals surface area contributed by atoms with E-state index in [1.165, 1.54) is 53.9 Å². The predicted molar refractivity (Wildman–Crippen MR) is 132 cm³/mol. The Kier molecular flexibility index (Phi) is 7.30. The van der Waals surface area contributed by atoms with E-state index in [0.29, 0.717) is 49.1 Å². The Morgan fingerprint density at radius 1 is 1.14 bits per heavy atom. The number of ether oxygens (including phenoxy) is 1. The average molecular weight is 520 g/mol. The van der Waals surface area contributed by atoms with Crippen molar-refractivity contribution in [3.05, 3.63) is 45.8 Å². The number of carbonyl (C=O) groups excluding carboxylic acids is 3. The molecule has 35 heavy (non-hydrogen) atoms. The molecule has 0 radical (unpaired) electrons. The predicted octanol–water partition coefficient (Wildman–Crippen LogP) is 3.11. The molecule has 0 bridgehead atoms. The molecule has 2 aliphatic heterocycles. The summed E-state index contributed by atoms with van der Waals surface area (Å²) in [5.41, 5.74) is 1.36. The van der Waals surface area contributed by atoms with Crippen LogP contribution in [-0.2, 0) is 32.5 Å². The third-order valence-corrected chi connectivity index (χ3v) is 9.50. The molecule has 0 aliphatic carbocycles. The number of fused-ring (bicyclic) bond motifs is 1. The quantitative estimate of drug-likeness (QED) is 0.608. The second kappa shape index (κ2) is 10.1. The Morgan fingerprint density at radius 2 is 1.86 bits per heavy atom. The van der Waals surface area contributed by atoms with Crippen molar-refractivity contribution in [2.24, 2.45) is 5.92 Å². The first-order valence-corrected chi connectivity index (χ1v) is 13.8. The summed E-state index contributed by atoms with van der Waals surface area (Å²) in [7, 11) is -2.34. The molecule has 2 aliphatic rings. The highest BCUT2D eigenvalue weighted by atomic mass is 32.2. The van der Waals surface area contributed by atoms with Crippen LogP contribution >= 0.6 is 11.3 Å². The minimum Gasteiger partial charge on any atom is -0.465 e. The fraction of sp³-hybridized carbons (Fsp3) is 0.458. The van der Waals surface area contributed by atoms with Crippen molar-refractivity contribution in [2.75, 3.05) is 32.1 Å². The number of rotatable bonds is 5. The van der Waals surface area contributed by atoms with Crippen LogP contribution in [0.25, 0.3) is 0 Å². The number of esters is 1. The molecule has 3 heterocycles. The number of hydrogen-bond acceptors (Lipinski definition) is 7. The first-order chi connectivity index (χ1) is 16.6. The number of anilines is 1. The van der Waals surface area contributed by atoms with Gasteiger partial charge in [-0.15, -0.1) is 11.3 Å². The number of thiophene rings is 1. The van der Waals surface area contributed by atoms with Crippen molar-refractivity contribution in [2.45, 2.75) is 44.6 Å². The molecule has 1 aromatic carbocycles. The molecule has 1 fully saturated rings. The van der Waals surface area contributed by atoms with Crippen LogP contribution in [0.2, 0.25) is 0 Å². The van der Waals surface area contributed by atoms with Gasteiger partial charge in [0.1, 0.15) is 5.00 Å². The van der Waals surface area contributed by atoms with Gasteiger partial charge in [-0.3, -0.25) is 9.59 Å². The SMILES string of the molecule is COC(=O)c1c(NC(=O)c2ccc(S(=O)(=O)N3CCC[C@@H](C)C3)cc2)sc2c1CCN(C(C)=O)C2. The topological polar surface area (TPSA) is 113 Å². The lowest BCUT2D eigenvalue weighted by molar-refractivity contribution is -0.129. The van der Waals surface area contributed by atoms with Crippen molar-refractivity contribution >= 4 is 44.1 Å². The highest BCUT2D eigenvalue weighted by Gasteiger charge is 2.31. The maximum Gasteiger partial charge on any atom is 0.341 e. The molecule has 1 atom stereocenters. The van der Waals surface area contributed by atoms with E-state index in [9.17, 15) is 22.8 Å². The number of benzene rings is 1. The smallest absolute Gasteiger partial charge is 0.341 e. The maximum atomic E-state index is 13.0. The van der Waals surface area contributed by atoms with Gasteiger partial charge in [0.15, 0.2) is 0 Å².